The van der Waals surface area contributed by atoms with Gasteiger partial charge in [-0.3, -0.25) is 14.0 Å². The number of aromatic amines is 1. The molecule has 4 aromatic rings. The second-order valence-corrected chi connectivity index (χ2v) is 9.39. The molecule has 1 N–H and O–H groups in total. The van der Waals surface area contributed by atoms with Gasteiger partial charge < -0.3 is 9.80 Å². The number of rotatable bonds is 4. The molecule has 3 heterocycles. The standard InChI is InChI=1S/C26H20BrFN6O2.C2H6.CH3F/c27-18-3-4-19-20(13-18)23(31-32-25(19)35)12-16-1-5-22(28)21(11-16)26(36)34-9-7-33(8-10-34)24-6-2-17(14-29)15-30-24;2*1-2/h1-6,11,13,15H,7-10,12H2,(H,32,35);1-2H3;1H3. The number of nitriles is 1. The van der Waals surface area contributed by atoms with Gasteiger partial charge in [0.25, 0.3) is 11.5 Å². The summed E-state index contributed by atoms with van der Waals surface area (Å²) in [6.07, 6.45) is 1.84. The van der Waals surface area contributed by atoms with Crippen molar-refractivity contribution in [2.45, 2.75) is 20.3 Å². The van der Waals surface area contributed by atoms with Gasteiger partial charge in [-0.25, -0.2) is 14.5 Å². The van der Waals surface area contributed by atoms with E-state index in [1.807, 2.05) is 30.9 Å². The molecule has 0 radical (unpaired) electrons. The van der Waals surface area contributed by atoms with Gasteiger partial charge >= 0.3 is 0 Å². The third-order valence-corrected chi connectivity index (χ3v) is 6.72. The maximum atomic E-state index is 14.7. The van der Waals surface area contributed by atoms with Gasteiger partial charge in [-0.2, -0.15) is 10.4 Å². The van der Waals surface area contributed by atoms with Crippen molar-refractivity contribution in [1.29, 1.82) is 5.26 Å². The summed E-state index contributed by atoms with van der Waals surface area (Å²) in [5, 5.41) is 16.9. The number of amides is 1. The molecule has 0 aliphatic carbocycles. The number of nitrogens with one attached hydrogen (secondary N) is 1. The highest BCUT2D eigenvalue weighted by Gasteiger charge is 2.25. The Bertz CT molecular complexity index is 1560. The van der Waals surface area contributed by atoms with Crippen LogP contribution in [0.4, 0.5) is 14.6 Å². The first-order valence-electron chi connectivity index (χ1n) is 12.7. The van der Waals surface area contributed by atoms with Gasteiger partial charge in [0.15, 0.2) is 0 Å². The second kappa shape index (κ2) is 14.3. The summed E-state index contributed by atoms with van der Waals surface area (Å²) in [5.41, 5.74) is 1.54. The predicted molar refractivity (Wildman–Crippen MR) is 155 cm³/mol. The third kappa shape index (κ3) is 6.87. The number of piperazine rings is 1. The molecule has 1 aliphatic rings. The first-order chi connectivity index (χ1) is 19.4. The quantitative estimate of drug-likeness (QED) is 0.338. The number of halogens is 3. The van der Waals surface area contributed by atoms with E-state index in [0.717, 1.165) is 10.3 Å². The average Bonchev–Trinajstić information content (AvgIpc) is 3.01. The van der Waals surface area contributed by atoms with Crippen molar-refractivity contribution in [3.63, 3.8) is 0 Å². The van der Waals surface area contributed by atoms with E-state index in [1.54, 1.807) is 41.3 Å². The number of aromatic nitrogens is 3. The van der Waals surface area contributed by atoms with Crippen LogP contribution in [0, 0.1) is 17.1 Å². The zero-order valence-electron chi connectivity index (χ0n) is 22.4. The Labute approximate surface area is 239 Å². The minimum absolute atomic E-state index is 0.00681. The number of H-pyrrole nitrogens is 1. The van der Waals surface area contributed by atoms with Crippen molar-refractivity contribution >= 4 is 38.4 Å². The fraction of sp³-hybridized carbons (Fsp3) is 0.276. The van der Waals surface area contributed by atoms with E-state index >= 15 is 0 Å². The molecule has 1 saturated heterocycles. The maximum Gasteiger partial charge on any atom is 0.272 e. The van der Waals surface area contributed by atoms with Crippen LogP contribution in [0.2, 0.25) is 0 Å². The number of nitrogens with zero attached hydrogens (tertiary/aromatic N) is 5. The van der Waals surface area contributed by atoms with Crippen molar-refractivity contribution < 1.29 is 13.6 Å². The van der Waals surface area contributed by atoms with Gasteiger partial charge in [0.05, 0.1) is 29.4 Å². The van der Waals surface area contributed by atoms with E-state index in [2.05, 4.69) is 31.1 Å². The summed E-state index contributed by atoms with van der Waals surface area (Å²) in [5.74, 6) is -0.215. The van der Waals surface area contributed by atoms with Crippen LogP contribution in [0.25, 0.3) is 10.8 Å². The molecular formula is C29H29BrF2N6O2. The van der Waals surface area contributed by atoms with Crippen LogP contribution in [-0.2, 0) is 6.42 Å². The van der Waals surface area contributed by atoms with Crippen molar-refractivity contribution in [3.8, 4) is 6.07 Å². The number of hydrogen-bond acceptors (Lipinski definition) is 6. The molecule has 0 unspecified atom stereocenters. The largest absolute Gasteiger partial charge is 0.353 e. The highest BCUT2D eigenvalue weighted by molar-refractivity contribution is 9.10. The summed E-state index contributed by atoms with van der Waals surface area (Å²) in [7, 11) is 0.500. The Morgan fingerprint density at radius 1 is 1.05 bits per heavy atom. The van der Waals surface area contributed by atoms with E-state index in [0.29, 0.717) is 67.4 Å². The van der Waals surface area contributed by atoms with E-state index in [9.17, 15) is 18.4 Å². The normalized spacial score (nSPS) is 12.5. The summed E-state index contributed by atoms with van der Waals surface area (Å²) in [6.45, 7) is 5.94. The molecule has 0 bridgehead atoms. The molecule has 0 spiro atoms. The van der Waals surface area contributed by atoms with E-state index in [4.69, 9.17) is 5.26 Å². The molecule has 11 heteroatoms. The monoisotopic (exact) mass is 610 g/mol. The summed E-state index contributed by atoms with van der Waals surface area (Å²) < 4.78 is 25.0. The molecule has 0 saturated carbocycles. The number of anilines is 1. The van der Waals surface area contributed by atoms with Crippen LogP contribution in [0.15, 0.2) is 64.0 Å². The molecule has 2 aromatic heterocycles. The van der Waals surface area contributed by atoms with Gasteiger partial charge in [0, 0.05) is 48.7 Å². The lowest BCUT2D eigenvalue weighted by atomic mass is 10.0. The van der Waals surface area contributed by atoms with Crippen LogP contribution in [-0.4, -0.2) is 59.3 Å². The van der Waals surface area contributed by atoms with E-state index in [1.165, 1.54) is 12.3 Å². The van der Waals surface area contributed by atoms with Gasteiger partial charge in [-0.1, -0.05) is 35.8 Å². The summed E-state index contributed by atoms with van der Waals surface area (Å²) >= 11 is 3.43. The van der Waals surface area contributed by atoms with Crippen LogP contribution in [0.3, 0.4) is 0 Å². The zero-order valence-corrected chi connectivity index (χ0v) is 24.0. The number of fused-ring (bicyclic) bond motifs is 1. The number of carbonyl (C=O) groups excluding carboxylic acids is 1. The number of benzene rings is 2. The van der Waals surface area contributed by atoms with Crippen molar-refractivity contribution in [2.24, 2.45) is 0 Å². The fourth-order valence-electron chi connectivity index (χ4n) is 4.31. The minimum Gasteiger partial charge on any atom is -0.353 e. The van der Waals surface area contributed by atoms with Crippen molar-refractivity contribution in [3.05, 3.63) is 97.8 Å². The summed E-state index contributed by atoms with van der Waals surface area (Å²) in [6, 6.07) is 15.3. The van der Waals surface area contributed by atoms with E-state index < -0.39 is 5.82 Å². The molecule has 0 atom stereocenters. The summed E-state index contributed by atoms with van der Waals surface area (Å²) in [4.78, 5) is 33.3. The second-order valence-electron chi connectivity index (χ2n) is 8.48. The van der Waals surface area contributed by atoms with Crippen LogP contribution in [0.1, 0.15) is 41.0 Å². The number of carbonyl (C=O) groups is 1. The topological polar surface area (TPSA) is 106 Å². The lowest BCUT2D eigenvalue weighted by Gasteiger charge is -2.35. The molecule has 208 valence electrons. The van der Waals surface area contributed by atoms with Crippen LogP contribution in [0.5, 0.6) is 0 Å². The first-order valence-corrected chi connectivity index (χ1v) is 13.5. The smallest absolute Gasteiger partial charge is 0.272 e. The number of alkyl halides is 1. The number of pyridine rings is 1. The molecule has 1 aliphatic heterocycles. The first kappa shape index (κ1) is 30.4. The van der Waals surface area contributed by atoms with Gasteiger partial charge in [-0.05, 0) is 48.0 Å². The molecule has 8 nitrogen and oxygen atoms in total. The minimum atomic E-state index is -0.582. The average molecular weight is 611 g/mol. The highest BCUT2D eigenvalue weighted by Crippen LogP contribution is 2.23. The Morgan fingerprint density at radius 3 is 2.42 bits per heavy atom. The van der Waals surface area contributed by atoms with Gasteiger partial charge in [0.1, 0.15) is 17.7 Å². The molecule has 2 aromatic carbocycles. The number of hydrogen-bond donors (Lipinski definition) is 1. The SMILES string of the molecule is CC.CF.N#Cc1ccc(N2CCN(C(=O)c3cc(Cc4n[nH]c(=O)c5ccc(Br)cc45)ccc3F)CC2)nc1. The lowest BCUT2D eigenvalue weighted by molar-refractivity contribution is 0.0741. The fourth-order valence-corrected chi connectivity index (χ4v) is 4.68. The Morgan fingerprint density at radius 2 is 1.77 bits per heavy atom. The molecule has 40 heavy (non-hydrogen) atoms. The van der Waals surface area contributed by atoms with Gasteiger partial charge in [-0.15, -0.1) is 0 Å². The lowest BCUT2D eigenvalue weighted by Crippen LogP contribution is -2.49. The Balaban J connectivity index is 0.00000106. The Kier molecular flexibility index (Phi) is 10.8. The van der Waals surface area contributed by atoms with Gasteiger partial charge in [0.2, 0.25) is 0 Å². The Hall–Kier alpha value is -4.17. The molecule has 1 fully saturated rings. The van der Waals surface area contributed by atoms with Crippen LogP contribution < -0.4 is 10.5 Å². The third-order valence-electron chi connectivity index (χ3n) is 6.23. The van der Waals surface area contributed by atoms with E-state index in [-0.39, 0.29) is 17.0 Å². The van der Waals surface area contributed by atoms with Crippen LogP contribution >= 0.6 is 15.9 Å². The van der Waals surface area contributed by atoms with Crippen molar-refractivity contribution in [1.82, 2.24) is 20.1 Å². The maximum absolute atomic E-state index is 14.7. The van der Waals surface area contributed by atoms with Crippen molar-refractivity contribution in [2.75, 3.05) is 38.3 Å². The molecule has 1 amide bonds. The predicted octanol–water partition coefficient (Wildman–Crippen LogP) is 5.26. The zero-order chi connectivity index (χ0) is 29.2. The molecular weight excluding hydrogens is 582 g/mol. The molecule has 5 rings (SSSR count). The highest BCUT2D eigenvalue weighted by atomic mass is 79.9.